The van der Waals surface area contributed by atoms with Crippen molar-refractivity contribution in [1.29, 1.82) is 0 Å². The van der Waals surface area contributed by atoms with Crippen molar-refractivity contribution in [3.05, 3.63) is 118 Å². The molecule has 0 radical (unpaired) electrons. The van der Waals surface area contributed by atoms with E-state index < -0.39 is 11.9 Å². The van der Waals surface area contributed by atoms with E-state index in [0.717, 1.165) is 27.6 Å². The second kappa shape index (κ2) is 12.1. The maximum absolute atomic E-state index is 13.4. The van der Waals surface area contributed by atoms with Crippen LogP contribution in [-0.4, -0.2) is 29.7 Å². The Labute approximate surface area is 242 Å². The van der Waals surface area contributed by atoms with Crippen molar-refractivity contribution in [3.63, 3.8) is 0 Å². The molecule has 0 fully saturated rings. The Morgan fingerprint density at radius 1 is 0.951 bits per heavy atom. The molecule has 0 atom stereocenters. The van der Waals surface area contributed by atoms with Crippen molar-refractivity contribution in [2.75, 3.05) is 6.61 Å². The van der Waals surface area contributed by atoms with Crippen LogP contribution in [0.1, 0.15) is 44.5 Å². The van der Waals surface area contributed by atoms with Gasteiger partial charge in [0.2, 0.25) is 0 Å². The molecule has 0 saturated heterocycles. The summed E-state index contributed by atoms with van der Waals surface area (Å²) >= 11 is 6.56. The number of nitrogens with one attached hydrogen (secondary N) is 2. The van der Waals surface area contributed by atoms with Gasteiger partial charge in [0.05, 0.1) is 18.4 Å². The van der Waals surface area contributed by atoms with Crippen LogP contribution in [-0.2, 0) is 0 Å². The summed E-state index contributed by atoms with van der Waals surface area (Å²) in [5.74, 6) is -0.231. The van der Waals surface area contributed by atoms with Gasteiger partial charge in [-0.05, 0) is 74.4 Å². The number of hydrazone groups is 1. The molecule has 206 valence electrons. The number of nitrogens with zero attached hydrogens (tertiary/aromatic N) is 1. The van der Waals surface area contributed by atoms with Crippen LogP contribution in [0.4, 0.5) is 0 Å². The van der Waals surface area contributed by atoms with Crippen LogP contribution in [0.2, 0.25) is 5.02 Å². The van der Waals surface area contributed by atoms with Crippen LogP contribution in [0.25, 0.3) is 22.0 Å². The first kappa shape index (κ1) is 27.7. The standard InChI is InChI=1S/C33H28ClN3O4/c1-4-40-28-18-22(14-15-27(28)41-33(39)23-10-6-5-7-11-23)19-35-37-32(38)31-29(24-12-8-9-13-26(24)34)25-17-20(2)16-21(3)30(25)36-31/h5-19,36H,4H2,1-3H3,(H,37,38). The van der Waals surface area contributed by atoms with Gasteiger partial charge in [0.15, 0.2) is 11.5 Å². The molecule has 1 heterocycles. The maximum Gasteiger partial charge on any atom is 0.343 e. The lowest BCUT2D eigenvalue weighted by Gasteiger charge is -2.11. The van der Waals surface area contributed by atoms with Crippen LogP contribution in [0.3, 0.4) is 0 Å². The van der Waals surface area contributed by atoms with Crippen LogP contribution < -0.4 is 14.9 Å². The summed E-state index contributed by atoms with van der Waals surface area (Å²) in [6, 6.07) is 25.3. The molecular weight excluding hydrogens is 538 g/mol. The van der Waals surface area contributed by atoms with Crippen molar-refractivity contribution in [3.8, 4) is 22.6 Å². The highest BCUT2D eigenvalue weighted by Crippen LogP contribution is 2.38. The van der Waals surface area contributed by atoms with E-state index in [2.05, 4.69) is 21.6 Å². The molecule has 0 bridgehead atoms. The number of hydrogen-bond donors (Lipinski definition) is 2. The number of amides is 1. The molecule has 7 nitrogen and oxygen atoms in total. The van der Waals surface area contributed by atoms with Crippen molar-refractivity contribution in [2.24, 2.45) is 5.10 Å². The van der Waals surface area contributed by atoms with E-state index in [1.165, 1.54) is 6.21 Å². The number of hydrogen-bond acceptors (Lipinski definition) is 5. The predicted molar refractivity (Wildman–Crippen MR) is 162 cm³/mol. The summed E-state index contributed by atoms with van der Waals surface area (Å²) in [5, 5.41) is 5.64. The smallest absolute Gasteiger partial charge is 0.343 e. The summed E-state index contributed by atoms with van der Waals surface area (Å²) < 4.78 is 11.3. The fourth-order valence-electron chi connectivity index (χ4n) is 4.68. The molecular formula is C33H28ClN3O4. The van der Waals surface area contributed by atoms with Gasteiger partial charge in [-0.2, -0.15) is 5.10 Å². The maximum atomic E-state index is 13.4. The van der Waals surface area contributed by atoms with Gasteiger partial charge in [-0.25, -0.2) is 10.2 Å². The number of halogens is 1. The minimum atomic E-state index is -0.488. The molecule has 4 aromatic carbocycles. The molecule has 41 heavy (non-hydrogen) atoms. The van der Waals surface area contributed by atoms with E-state index in [0.29, 0.717) is 39.8 Å². The Morgan fingerprint density at radius 2 is 1.71 bits per heavy atom. The number of benzene rings is 4. The second-order valence-electron chi connectivity index (χ2n) is 9.45. The fraction of sp³-hybridized carbons (Fsp3) is 0.121. The average Bonchev–Trinajstić information content (AvgIpc) is 3.35. The van der Waals surface area contributed by atoms with Gasteiger partial charge >= 0.3 is 5.97 Å². The Hall–Kier alpha value is -4.88. The lowest BCUT2D eigenvalue weighted by atomic mass is 9.99. The first-order valence-corrected chi connectivity index (χ1v) is 13.5. The van der Waals surface area contributed by atoms with E-state index in [1.807, 2.05) is 51.1 Å². The van der Waals surface area contributed by atoms with E-state index in [-0.39, 0.29) is 5.75 Å². The molecule has 2 N–H and O–H groups in total. The molecule has 5 rings (SSSR count). The number of aromatic amines is 1. The number of aromatic nitrogens is 1. The van der Waals surface area contributed by atoms with Crippen molar-refractivity contribution < 1.29 is 19.1 Å². The third-order valence-electron chi connectivity index (χ3n) is 6.48. The van der Waals surface area contributed by atoms with Crippen LogP contribution >= 0.6 is 11.6 Å². The second-order valence-corrected chi connectivity index (χ2v) is 9.86. The lowest BCUT2D eigenvalue weighted by molar-refractivity contribution is 0.0728. The number of fused-ring (bicyclic) bond motifs is 1. The Balaban J connectivity index is 1.40. The first-order valence-electron chi connectivity index (χ1n) is 13.1. The normalized spacial score (nSPS) is 11.1. The third kappa shape index (κ3) is 6.00. The minimum absolute atomic E-state index is 0.287. The van der Waals surface area contributed by atoms with Gasteiger partial charge in [0.1, 0.15) is 5.69 Å². The van der Waals surface area contributed by atoms with Crippen LogP contribution in [0.15, 0.2) is 90.0 Å². The monoisotopic (exact) mass is 565 g/mol. The largest absolute Gasteiger partial charge is 0.490 e. The number of rotatable bonds is 8. The molecule has 8 heteroatoms. The fourth-order valence-corrected chi connectivity index (χ4v) is 4.91. The Kier molecular flexibility index (Phi) is 8.17. The van der Waals surface area contributed by atoms with Crippen molar-refractivity contribution in [1.82, 2.24) is 10.4 Å². The van der Waals surface area contributed by atoms with Gasteiger partial charge < -0.3 is 14.5 Å². The lowest BCUT2D eigenvalue weighted by Crippen LogP contribution is -2.19. The number of carbonyl (C=O) groups is 2. The van der Waals surface area contributed by atoms with Crippen LogP contribution in [0.5, 0.6) is 11.5 Å². The van der Waals surface area contributed by atoms with Gasteiger partial charge in [-0.1, -0.05) is 59.6 Å². The zero-order chi connectivity index (χ0) is 28.9. The number of H-pyrrole nitrogens is 1. The highest BCUT2D eigenvalue weighted by Gasteiger charge is 2.22. The summed E-state index contributed by atoms with van der Waals surface area (Å²) in [6.45, 7) is 6.23. The third-order valence-corrected chi connectivity index (χ3v) is 6.81. The van der Waals surface area contributed by atoms with Gasteiger partial charge in [0, 0.05) is 27.1 Å². The molecule has 0 aliphatic rings. The van der Waals surface area contributed by atoms with Crippen molar-refractivity contribution in [2.45, 2.75) is 20.8 Å². The SMILES string of the molecule is CCOc1cc(C=NNC(=O)c2[nH]c3c(C)cc(C)cc3c2-c2ccccc2Cl)ccc1OC(=O)c1ccccc1. The summed E-state index contributed by atoms with van der Waals surface area (Å²) in [7, 11) is 0. The highest BCUT2D eigenvalue weighted by molar-refractivity contribution is 6.34. The van der Waals surface area contributed by atoms with E-state index in [9.17, 15) is 9.59 Å². The average molecular weight is 566 g/mol. The van der Waals surface area contributed by atoms with E-state index in [1.54, 1.807) is 48.5 Å². The molecule has 0 unspecified atom stereocenters. The molecule has 0 spiro atoms. The zero-order valence-corrected chi connectivity index (χ0v) is 23.6. The van der Waals surface area contributed by atoms with Crippen molar-refractivity contribution >= 4 is 40.6 Å². The first-order chi connectivity index (χ1) is 19.9. The molecule has 1 amide bonds. The van der Waals surface area contributed by atoms with Gasteiger partial charge in [-0.15, -0.1) is 0 Å². The molecule has 5 aromatic rings. The molecule has 0 aliphatic heterocycles. The van der Waals surface area contributed by atoms with Gasteiger partial charge in [-0.3, -0.25) is 4.79 Å². The number of esters is 1. The molecule has 0 saturated carbocycles. The number of aryl methyl sites for hydroxylation is 2. The molecule has 1 aromatic heterocycles. The Bertz CT molecular complexity index is 1780. The Morgan fingerprint density at radius 3 is 2.46 bits per heavy atom. The topological polar surface area (TPSA) is 92.8 Å². The predicted octanol–water partition coefficient (Wildman–Crippen LogP) is 7.49. The molecule has 0 aliphatic carbocycles. The highest BCUT2D eigenvalue weighted by atomic mass is 35.5. The zero-order valence-electron chi connectivity index (χ0n) is 22.8. The summed E-state index contributed by atoms with van der Waals surface area (Å²) in [4.78, 5) is 29.2. The summed E-state index contributed by atoms with van der Waals surface area (Å²) in [5.41, 5.74) is 8.48. The van der Waals surface area contributed by atoms with E-state index in [4.69, 9.17) is 21.1 Å². The minimum Gasteiger partial charge on any atom is -0.490 e. The van der Waals surface area contributed by atoms with Crippen LogP contribution in [0, 0.1) is 13.8 Å². The van der Waals surface area contributed by atoms with Gasteiger partial charge in [0.25, 0.3) is 5.91 Å². The number of ether oxygens (including phenoxy) is 2. The number of carbonyl (C=O) groups excluding carboxylic acids is 2. The van der Waals surface area contributed by atoms with E-state index >= 15 is 0 Å². The summed E-state index contributed by atoms with van der Waals surface area (Å²) in [6.07, 6.45) is 1.50. The quantitative estimate of drug-likeness (QED) is 0.0882.